The molecule has 0 saturated carbocycles. The Morgan fingerprint density at radius 1 is 0.479 bits per heavy atom. The fourth-order valence-corrected chi connectivity index (χ4v) is 6.56. The topological polar surface area (TPSA) is 117 Å². The van der Waals surface area contributed by atoms with Crippen LogP contribution in [0.5, 0.6) is 23.0 Å². The molecule has 0 heterocycles. The van der Waals surface area contributed by atoms with Crippen molar-refractivity contribution in [3.63, 3.8) is 0 Å². The Kier molecular flexibility index (Phi) is 16.6. The van der Waals surface area contributed by atoms with E-state index in [2.05, 4.69) is 14.8 Å². The molecule has 0 fully saturated rings. The summed E-state index contributed by atoms with van der Waals surface area (Å²) in [5, 5.41) is 2.98. The van der Waals surface area contributed by atoms with E-state index in [1.165, 1.54) is 24.3 Å². The van der Waals surface area contributed by atoms with Crippen molar-refractivity contribution in [3.8, 4) is 34.1 Å². The summed E-state index contributed by atoms with van der Waals surface area (Å²) >= 11 is 0. The highest BCUT2D eigenvalue weighted by atomic mass is 19.4. The lowest BCUT2D eigenvalue weighted by molar-refractivity contribution is -0.397. The van der Waals surface area contributed by atoms with Gasteiger partial charge in [0.15, 0.2) is 11.6 Å². The summed E-state index contributed by atoms with van der Waals surface area (Å²) in [6.45, 7) is -2.92. The zero-order chi connectivity index (χ0) is 54.5. The average molecular weight is 1050 g/mol. The van der Waals surface area contributed by atoms with Crippen molar-refractivity contribution in [3.05, 3.63) is 137 Å². The maximum Gasteiger partial charge on any atom is 0.460 e. The molecule has 9 nitrogen and oxygen atoms in total. The van der Waals surface area contributed by atoms with Crippen LogP contribution in [0.15, 0.2) is 109 Å². The standard InChI is InChI=1S/C49H38F15NO8/c1-27(66)38-25-29(6-18-36(38)41(68)70-22-20-44(52,53)46(56,57)43(2,50)51)30-7-19-37(42(69)71-23-21-45(54,55)47(58,59)48(60,61)49(62,63)64)39(26-30)40(67)24-28-4-10-32(11-5-28)72-34-14-16-35(17-15-34)73-33-12-8-31(65-3)9-13-33/h4-19,25-26,65H,20-24H2,1-3H3. The number of halogens is 15. The third-order valence-corrected chi connectivity index (χ3v) is 10.7. The van der Waals surface area contributed by atoms with Crippen LogP contribution in [0.1, 0.15) is 73.7 Å². The number of anilines is 1. The Balaban J connectivity index is 1.39. The Hall–Kier alpha value is -7.27. The van der Waals surface area contributed by atoms with Crippen molar-refractivity contribution in [1.82, 2.24) is 0 Å². The summed E-state index contributed by atoms with van der Waals surface area (Å²) in [6.07, 6.45) is -12.3. The van der Waals surface area contributed by atoms with Gasteiger partial charge < -0.3 is 24.3 Å². The number of nitrogens with one attached hydrogen (secondary N) is 1. The summed E-state index contributed by atoms with van der Waals surface area (Å²) in [5.74, 6) is -40.1. The molecule has 0 spiro atoms. The van der Waals surface area contributed by atoms with Gasteiger partial charge in [0, 0.05) is 37.2 Å². The molecular weight excluding hydrogens is 1020 g/mol. The number of carbonyl (C=O) groups is 4. The predicted octanol–water partition coefficient (Wildman–Crippen LogP) is 14.1. The lowest BCUT2D eigenvalue weighted by Gasteiger charge is -2.33. The number of hydrogen-bond donors (Lipinski definition) is 1. The molecule has 0 amide bonds. The first-order valence-electron chi connectivity index (χ1n) is 21.1. The maximum absolute atomic E-state index is 14.3. The molecule has 392 valence electrons. The van der Waals surface area contributed by atoms with Crippen LogP contribution in [0.25, 0.3) is 11.1 Å². The van der Waals surface area contributed by atoms with Gasteiger partial charge in [0.2, 0.25) is 0 Å². The van der Waals surface area contributed by atoms with Crippen molar-refractivity contribution in [2.24, 2.45) is 0 Å². The van der Waals surface area contributed by atoms with Crippen molar-refractivity contribution in [2.45, 2.75) is 74.8 Å². The number of rotatable bonds is 22. The molecule has 5 aromatic rings. The summed E-state index contributed by atoms with van der Waals surface area (Å²) in [5.41, 5.74) is -1.53. The van der Waals surface area contributed by atoms with Gasteiger partial charge in [-0.25, -0.2) is 9.59 Å². The SMILES string of the molecule is CNc1ccc(Oc2ccc(Oc3ccc(CC(=O)c4cc(-c5ccc(C(=O)OCCC(F)(F)C(F)(F)C(C)(F)F)c(C(C)=O)c5)ccc4C(=O)OCCC(F)(F)C(F)(F)C(F)(F)C(F)(F)F)cc3)cc2)cc1. The monoisotopic (exact) mass is 1050 g/mol. The second-order valence-electron chi connectivity index (χ2n) is 16.1. The van der Waals surface area contributed by atoms with Gasteiger partial charge in [-0.2, -0.15) is 65.9 Å². The molecule has 0 aromatic heterocycles. The van der Waals surface area contributed by atoms with Gasteiger partial charge in [-0.3, -0.25) is 9.59 Å². The van der Waals surface area contributed by atoms with Gasteiger partial charge in [-0.05, 0) is 109 Å². The molecule has 0 unspecified atom stereocenters. The molecule has 24 heteroatoms. The molecule has 0 atom stereocenters. The highest BCUT2D eigenvalue weighted by Crippen LogP contribution is 2.54. The van der Waals surface area contributed by atoms with Gasteiger partial charge in [0.05, 0.1) is 37.2 Å². The number of hydrogen-bond acceptors (Lipinski definition) is 9. The largest absolute Gasteiger partial charge is 0.462 e. The van der Waals surface area contributed by atoms with Gasteiger partial charge >= 0.3 is 53.7 Å². The minimum atomic E-state index is -7.22. The van der Waals surface area contributed by atoms with Crippen molar-refractivity contribution in [2.75, 3.05) is 25.6 Å². The molecule has 0 aliphatic heterocycles. The van der Waals surface area contributed by atoms with Crippen LogP contribution in [0, 0.1) is 0 Å². The van der Waals surface area contributed by atoms with Crippen LogP contribution >= 0.6 is 0 Å². The van der Waals surface area contributed by atoms with Crippen LogP contribution in [0.2, 0.25) is 0 Å². The molecule has 5 aromatic carbocycles. The van der Waals surface area contributed by atoms with E-state index in [1.807, 2.05) is 12.1 Å². The number of Topliss-reactive ketones (excluding diaryl/α,β-unsaturated/α-hetero) is 2. The average Bonchev–Trinajstić information content (AvgIpc) is 3.31. The Labute approximate surface area is 404 Å². The van der Waals surface area contributed by atoms with Gasteiger partial charge in [0.25, 0.3) is 0 Å². The lowest BCUT2D eigenvalue weighted by atomic mass is 9.92. The molecule has 0 aliphatic carbocycles. The van der Waals surface area contributed by atoms with E-state index in [0.29, 0.717) is 17.2 Å². The first kappa shape index (κ1) is 56.6. The van der Waals surface area contributed by atoms with Crippen LogP contribution in [0.4, 0.5) is 71.5 Å². The number of esters is 2. The second kappa shape index (κ2) is 21.4. The zero-order valence-corrected chi connectivity index (χ0v) is 37.9. The minimum Gasteiger partial charge on any atom is -0.462 e. The Morgan fingerprint density at radius 2 is 0.863 bits per heavy atom. The molecule has 5 rings (SSSR count). The first-order valence-corrected chi connectivity index (χ1v) is 21.1. The Bertz CT molecular complexity index is 2790. The molecule has 0 saturated heterocycles. The molecule has 0 radical (unpaired) electrons. The normalized spacial score (nSPS) is 12.7. The minimum absolute atomic E-state index is 0.0520. The zero-order valence-electron chi connectivity index (χ0n) is 37.9. The number of carbonyl (C=O) groups excluding carboxylic acids is 4. The fraction of sp³-hybridized carbons (Fsp3) is 0.306. The van der Waals surface area contributed by atoms with E-state index in [-0.39, 0.29) is 22.4 Å². The van der Waals surface area contributed by atoms with Crippen LogP contribution in [0.3, 0.4) is 0 Å². The summed E-state index contributed by atoms with van der Waals surface area (Å²) in [7, 11) is 1.76. The summed E-state index contributed by atoms with van der Waals surface area (Å²) < 4.78 is 224. The van der Waals surface area contributed by atoms with E-state index in [0.717, 1.165) is 49.0 Å². The molecule has 0 bridgehead atoms. The third-order valence-electron chi connectivity index (χ3n) is 10.7. The second-order valence-corrected chi connectivity index (χ2v) is 16.1. The quantitative estimate of drug-likeness (QED) is 0.0411. The van der Waals surface area contributed by atoms with Crippen LogP contribution < -0.4 is 14.8 Å². The van der Waals surface area contributed by atoms with Crippen molar-refractivity contribution >= 4 is 29.2 Å². The van der Waals surface area contributed by atoms with Crippen molar-refractivity contribution in [1.29, 1.82) is 0 Å². The van der Waals surface area contributed by atoms with Gasteiger partial charge in [-0.1, -0.05) is 24.3 Å². The smallest absolute Gasteiger partial charge is 0.460 e. The van der Waals surface area contributed by atoms with E-state index < -0.39 is 127 Å². The first-order chi connectivity index (χ1) is 33.7. The number of ketones is 2. The lowest BCUT2D eigenvalue weighted by Crippen LogP contribution is -2.61. The van der Waals surface area contributed by atoms with Crippen LogP contribution in [-0.2, 0) is 15.9 Å². The Morgan fingerprint density at radius 3 is 1.26 bits per heavy atom. The van der Waals surface area contributed by atoms with Gasteiger partial charge in [0.1, 0.15) is 23.0 Å². The third kappa shape index (κ3) is 12.7. The van der Waals surface area contributed by atoms with E-state index in [4.69, 9.17) is 9.47 Å². The van der Waals surface area contributed by atoms with Gasteiger partial charge in [-0.15, -0.1) is 0 Å². The van der Waals surface area contributed by atoms with Crippen LogP contribution in [-0.4, -0.2) is 85.5 Å². The predicted molar refractivity (Wildman–Crippen MR) is 230 cm³/mol. The summed E-state index contributed by atoms with van der Waals surface area (Å²) in [6, 6.07) is 25.1. The number of ether oxygens (including phenoxy) is 4. The number of benzene rings is 5. The highest BCUT2D eigenvalue weighted by Gasteiger charge is 2.81. The highest BCUT2D eigenvalue weighted by molar-refractivity contribution is 6.09. The fourth-order valence-electron chi connectivity index (χ4n) is 6.56. The maximum atomic E-state index is 14.3. The summed E-state index contributed by atoms with van der Waals surface area (Å²) in [4.78, 5) is 52.7. The van der Waals surface area contributed by atoms with E-state index in [1.54, 1.807) is 43.4 Å². The molecular formula is C49H38F15NO8. The van der Waals surface area contributed by atoms with Crippen molar-refractivity contribution < 1.29 is 104 Å². The van der Waals surface area contributed by atoms with E-state index in [9.17, 15) is 85.0 Å². The molecule has 0 aliphatic rings. The molecule has 1 N–H and O–H groups in total. The molecule has 73 heavy (non-hydrogen) atoms. The van der Waals surface area contributed by atoms with E-state index >= 15 is 0 Å². The number of alkyl halides is 15.